The summed E-state index contributed by atoms with van der Waals surface area (Å²) in [6.45, 7) is 0. The third-order valence-corrected chi connectivity index (χ3v) is 5.01. The average molecular weight is 320 g/mol. The van der Waals surface area contributed by atoms with Gasteiger partial charge in [0.2, 0.25) is 0 Å². The molecule has 0 spiro atoms. The quantitative estimate of drug-likeness (QED) is 0.821. The summed E-state index contributed by atoms with van der Waals surface area (Å²) >= 11 is 12.2. The van der Waals surface area contributed by atoms with Gasteiger partial charge in [-0.15, -0.1) is 0 Å². The highest BCUT2D eigenvalue weighted by Gasteiger charge is 2.16. The summed E-state index contributed by atoms with van der Waals surface area (Å²) in [5, 5.41) is 4.59. The van der Waals surface area contributed by atoms with Gasteiger partial charge in [0.25, 0.3) is 0 Å². The molecular formula is C18H19Cl2N. The Balaban J connectivity index is 1.97. The molecule has 0 saturated heterocycles. The minimum absolute atomic E-state index is 0.145. The summed E-state index contributed by atoms with van der Waals surface area (Å²) in [5.41, 5.74) is 5.44. The number of aryl methyl sites for hydroxylation is 2. The molecule has 0 fully saturated rings. The predicted octanol–water partition coefficient (Wildman–Crippen LogP) is 5.18. The Morgan fingerprint density at radius 3 is 2.24 bits per heavy atom. The van der Waals surface area contributed by atoms with Crippen LogP contribution >= 0.6 is 23.2 Å². The molecule has 2 aromatic rings. The van der Waals surface area contributed by atoms with E-state index in [1.54, 1.807) is 0 Å². The summed E-state index contributed by atoms with van der Waals surface area (Å²) in [7, 11) is 1.98. The van der Waals surface area contributed by atoms with E-state index in [1.807, 2.05) is 25.2 Å². The minimum Gasteiger partial charge on any atom is -0.309 e. The molecule has 1 unspecified atom stereocenters. The second kappa shape index (κ2) is 6.39. The summed E-state index contributed by atoms with van der Waals surface area (Å²) in [4.78, 5) is 0. The van der Waals surface area contributed by atoms with Crippen molar-refractivity contribution in [2.45, 2.75) is 31.7 Å². The molecule has 3 rings (SSSR count). The summed E-state index contributed by atoms with van der Waals surface area (Å²) in [6, 6.07) is 12.9. The van der Waals surface area contributed by atoms with Crippen LogP contribution in [0.2, 0.25) is 10.0 Å². The standard InChI is InChI=1S/C18H19Cl2N/c1-21-18(15-8-9-16(19)17(20)11-15)14-7-6-12-4-2-3-5-13(12)10-14/h6-11,18,21H,2-5H2,1H3. The van der Waals surface area contributed by atoms with Crippen LogP contribution in [0, 0.1) is 0 Å². The highest BCUT2D eigenvalue weighted by Crippen LogP contribution is 2.31. The van der Waals surface area contributed by atoms with Gasteiger partial charge in [-0.3, -0.25) is 0 Å². The normalized spacial score (nSPS) is 15.6. The van der Waals surface area contributed by atoms with Crippen molar-refractivity contribution in [2.75, 3.05) is 7.05 Å². The van der Waals surface area contributed by atoms with Gasteiger partial charge < -0.3 is 5.32 Å². The molecule has 21 heavy (non-hydrogen) atoms. The van der Waals surface area contributed by atoms with E-state index in [1.165, 1.54) is 42.4 Å². The van der Waals surface area contributed by atoms with Gasteiger partial charge in [-0.25, -0.2) is 0 Å². The van der Waals surface area contributed by atoms with Crippen molar-refractivity contribution in [3.8, 4) is 0 Å². The zero-order chi connectivity index (χ0) is 14.8. The molecule has 0 amide bonds. The molecule has 0 bridgehead atoms. The van der Waals surface area contributed by atoms with Crippen molar-refractivity contribution in [1.82, 2.24) is 5.32 Å². The van der Waals surface area contributed by atoms with Gasteiger partial charge in [-0.2, -0.15) is 0 Å². The number of halogens is 2. The molecule has 1 nitrogen and oxygen atoms in total. The first-order chi connectivity index (χ1) is 10.2. The number of fused-ring (bicyclic) bond motifs is 1. The molecule has 2 aromatic carbocycles. The van der Waals surface area contributed by atoms with E-state index in [9.17, 15) is 0 Å². The van der Waals surface area contributed by atoms with E-state index in [2.05, 4.69) is 23.5 Å². The molecule has 0 aromatic heterocycles. The fraction of sp³-hybridized carbons (Fsp3) is 0.333. The van der Waals surface area contributed by atoms with E-state index in [0.29, 0.717) is 10.0 Å². The number of hydrogen-bond donors (Lipinski definition) is 1. The van der Waals surface area contributed by atoms with Crippen LogP contribution in [0.3, 0.4) is 0 Å². The zero-order valence-electron chi connectivity index (χ0n) is 12.1. The van der Waals surface area contributed by atoms with E-state index in [4.69, 9.17) is 23.2 Å². The van der Waals surface area contributed by atoms with E-state index >= 15 is 0 Å². The zero-order valence-corrected chi connectivity index (χ0v) is 13.6. The monoisotopic (exact) mass is 319 g/mol. The second-order valence-corrected chi connectivity index (χ2v) is 6.44. The Labute approximate surface area is 136 Å². The molecule has 0 heterocycles. The molecule has 0 aliphatic heterocycles. The number of hydrogen-bond acceptors (Lipinski definition) is 1. The maximum atomic E-state index is 6.16. The number of nitrogens with one attached hydrogen (secondary N) is 1. The molecule has 1 aliphatic carbocycles. The van der Waals surface area contributed by atoms with Gasteiger partial charge in [0.1, 0.15) is 0 Å². The van der Waals surface area contributed by atoms with Crippen LogP contribution in [-0.4, -0.2) is 7.05 Å². The van der Waals surface area contributed by atoms with Crippen LogP contribution in [0.4, 0.5) is 0 Å². The van der Waals surface area contributed by atoms with E-state index < -0.39 is 0 Å². The fourth-order valence-electron chi connectivity index (χ4n) is 3.15. The SMILES string of the molecule is CNC(c1ccc(Cl)c(Cl)c1)c1ccc2c(c1)CCCC2. The molecular weight excluding hydrogens is 301 g/mol. The van der Waals surface area contributed by atoms with Gasteiger partial charge in [0, 0.05) is 0 Å². The van der Waals surface area contributed by atoms with Crippen molar-refractivity contribution in [3.63, 3.8) is 0 Å². The molecule has 1 N–H and O–H groups in total. The first-order valence-electron chi connectivity index (χ1n) is 7.43. The lowest BCUT2D eigenvalue weighted by atomic mass is 9.88. The highest BCUT2D eigenvalue weighted by molar-refractivity contribution is 6.42. The Morgan fingerprint density at radius 1 is 0.857 bits per heavy atom. The van der Waals surface area contributed by atoms with Crippen LogP contribution in [0.1, 0.15) is 41.1 Å². The summed E-state index contributed by atoms with van der Waals surface area (Å²) in [5.74, 6) is 0. The van der Waals surface area contributed by atoms with Crippen LogP contribution in [0.25, 0.3) is 0 Å². The maximum absolute atomic E-state index is 6.16. The third kappa shape index (κ3) is 3.11. The Kier molecular flexibility index (Phi) is 4.54. The number of rotatable bonds is 3. The van der Waals surface area contributed by atoms with Crippen molar-refractivity contribution < 1.29 is 0 Å². The predicted molar refractivity (Wildman–Crippen MR) is 90.4 cm³/mol. The fourth-order valence-corrected chi connectivity index (χ4v) is 3.46. The molecule has 3 heteroatoms. The molecule has 0 saturated carbocycles. The highest BCUT2D eigenvalue weighted by atomic mass is 35.5. The van der Waals surface area contributed by atoms with Gasteiger partial charge in [-0.1, -0.05) is 47.5 Å². The van der Waals surface area contributed by atoms with Crippen LogP contribution in [0.5, 0.6) is 0 Å². The van der Waals surface area contributed by atoms with Gasteiger partial charge in [-0.05, 0) is 67.1 Å². The van der Waals surface area contributed by atoms with Crippen molar-refractivity contribution in [1.29, 1.82) is 0 Å². The third-order valence-electron chi connectivity index (χ3n) is 4.27. The molecule has 110 valence electrons. The number of benzene rings is 2. The van der Waals surface area contributed by atoms with Crippen LogP contribution in [0.15, 0.2) is 36.4 Å². The summed E-state index contributed by atoms with van der Waals surface area (Å²) < 4.78 is 0. The van der Waals surface area contributed by atoms with Crippen molar-refractivity contribution in [3.05, 3.63) is 68.7 Å². The lowest BCUT2D eigenvalue weighted by Gasteiger charge is -2.22. The van der Waals surface area contributed by atoms with Gasteiger partial charge >= 0.3 is 0 Å². The molecule has 1 aliphatic rings. The van der Waals surface area contributed by atoms with Crippen molar-refractivity contribution in [2.24, 2.45) is 0 Å². The molecule has 1 atom stereocenters. The average Bonchev–Trinajstić information content (AvgIpc) is 2.51. The van der Waals surface area contributed by atoms with Crippen LogP contribution in [-0.2, 0) is 12.8 Å². The second-order valence-electron chi connectivity index (χ2n) is 5.63. The van der Waals surface area contributed by atoms with Crippen LogP contribution < -0.4 is 5.32 Å². The van der Waals surface area contributed by atoms with Gasteiger partial charge in [0.15, 0.2) is 0 Å². The van der Waals surface area contributed by atoms with Crippen molar-refractivity contribution >= 4 is 23.2 Å². The topological polar surface area (TPSA) is 12.0 Å². The first kappa shape index (κ1) is 14.9. The Morgan fingerprint density at radius 2 is 1.52 bits per heavy atom. The Hall–Kier alpha value is -1.02. The lowest BCUT2D eigenvalue weighted by molar-refractivity contribution is 0.668. The first-order valence-corrected chi connectivity index (χ1v) is 8.18. The maximum Gasteiger partial charge on any atom is 0.0595 e. The van der Waals surface area contributed by atoms with E-state index in [0.717, 1.165) is 5.56 Å². The van der Waals surface area contributed by atoms with Gasteiger partial charge in [0.05, 0.1) is 16.1 Å². The van der Waals surface area contributed by atoms with E-state index in [-0.39, 0.29) is 6.04 Å². The summed E-state index contributed by atoms with van der Waals surface area (Å²) in [6.07, 6.45) is 5.02. The smallest absolute Gasteiger partial charge is 0.0595 e. The Bertz CT molecular complexity index is 652. The molecule has 0 radical (unpaired) electrons. The minimum atomic E-state index is 0.145. The largest absolute Gasteiger partial charge is 0.309 e. The lowest BCUT2D eigenvalue weighted by Crippen LogP contribution is -2.18.